The molecule has 1 aliphatic rings. The van der Waals surface area contributed by atoms with Gasteiger partial charge in [-0.15, -0.1) is 0 Å². The summed E-state index contributed by atoms with van der Waals surface area (Å²) in [6, 6.07) is 16.3. The molecule has 0 spiro atoms. The van der Waals surface area contributed by atoms with Crippen LogP contribution in [0, 0.1) is 0 Å². The monoisotopic (exact) mass is 538 g/mol. The molecule has 0 bridgehead atoms. The molecule has 202 valence electrons. The molecule has 0 N–H and O–H groups in total. The molecule has 38 heavy (non-hydrogen) atoms. The molecule has 0 aliphatic heterocycles. The van der Waals surface area contributed by atoms with Crippen LogP contribution in [-0.4, -0.2) is 55.0 Å². The Bertz CT molecular complexity index is 1190. The van der Waals surface area contributed by atoms with Crippen molar-refractivity contribution in [2.45, 2.75) is 51.1 Å². The zero-order chi connectivity index (χ0) is 26.9. The number of rotatable bonds is 11. The maximum absolute atomic E-state index is 13.8. The van der Waals surface area contributed by atoms with Gasteiger partial charge in [0, 0.05) is 23.2 Å². The van der Waals surface area contributed by atoms with Crippen molar-refractivity contribution in [3.05, 3.63) is 82.8 Å². The number of carbonyl (C=O) groups excluding carboxylic acids is 2. The average molecular weight is 539 g/mol. The van der Waals surface area contributed by atoms with E-state index in [1.807, 2.05) is 30.3 Å². The second kappa shape index (κ2) is 13.4. The van der Waals surface area contributed by atoms with Gasteiger partial charge in [-0.1, -0.05) is 36.9 Å². The van der Waals surface area contributed by atoms with E-state index < -0.39 is 0 Å². The van der Waals surface area contributed by atoms with E-state index in [0.29, 0.717) is 47.4 Å². The SMILES string of the molecule is COc1ccc(CCN(Cc2ccco2)C(=O)CN(C(=O)c2ccc(Cl)cc2)C2CCCCC2)cc1OC. The van der Waals surface area contributed by atoms with Crippen molar-refractivity contribution in [2.24, 2.45) is 0 Å². The van der Waals surface area contributed by atoms with Crippen LogP contribution in [0.15, 0.2) is 65.3 Å². The minimum Gasteiger partial charge on any atom is -0.493 e. The molecule has 1 aliphatic carbocycles. The van der Waals surface area contributed by atoms with Crippen molar-refractivity contribution in [2.75, 3.05) is 27.3 Å². The first kappa shape index (κ1) is 27.6. The van der Waals surface area contributed by atoms with Crippen LogP contribution in [-0.2, 0) is 17.8 Å². The van der Waals surface area contributed by atoms with Crippen molar-refractivity contribution in [3.63, 3.8) is 0 Å². The number of nitrogens with zero attached hydrogens (tertiary/aromatic N) is 2. The zero-order valence-electron chi connectivity index (χ0n) is 22.0. The first-order valence-corrected chi connectivity index (χ1v) is 13.4. The Balaban J connectivity index is 1.53. The van der Waals surface area contributed by atoms with E-state index in [2.05, 4.69) is 0 Å². The van der Waals surface area contributed by atoms with Gasteiger partial charge in [0.15, 0.2) is 11.5 Å². The lowest BCUT2D eigenvalue weighted by Crippen LogP contribution is -2.48. The van der Waals surface area contributed by atoms with Gasteiger partial charge in [0.25, 0.3) is 5.91 Å². The Labute approximate surface area is 229 Å². The number of halogens is 1. The Morgan fingerprint density at radius 1 is 0.974 bits per heavy atom. The number of hydrogen-bond donors (Lipinski definition) is 0. The Hall–Kier alpha value is -3.45. The summed E-state index contributed by atoms with van der Waals surface area (Å²) < 4.78 is 16.3. The van der Waals surface area contributed by atoms with Crippen LogP contribution < -0.4 is 9.47 Å². The minimum absolute atomic E-state index is 0.0127. The van der Waals surface area contributed by atoms with Crippen LogP contribution in [0.25, 0.3) is 0 Å². The second-order valence-corrected chi connectivity index (χ2v) is 10.0. The molecule has 4 rings (SSSR count). The summed E-state index contributed by atoms with van der Waals surface area (Å²) in [5, 5.41) is 0.571. The molecule has 1 aromatic heterocycles. The summed E-state index contributed by atoms with van der Waals surface area (Å²) >= 11 is 6.05. The summed E-state index contributed by atoms with van der Waals surface area (Å²) in [6.07, 6.45) is 7.28. The van der Waals surface area contributed by atoms with Gasteiger partial charge in [-0.25, -0.2) is 0 Å². The second-order valence-electron chi connectivity index (χ2n) is 9.57. The van der Waals surface area contributed by atoms with Crippen molar-refractivity contribution in [1.29, 1.82) is 0 Å². The van der Waals surface area contributed by atoms with Crippen LogP contribution in [0.4, 0.5) is 0 Å². The summed E-state index contributed by atoms with van der Waals surface area (Å²) in [6.45, 7) is 0.800. The number of amides is 2. The van der Waals surface area contributed by atoms with E-state index in [4.69, 9.17) is 25.5 Å². The van der Waals surface area contributed by atoms with Crippen molar-refractivity contribution in [1.82, 2.24) is 9.80 Å². The van der Waals surface area contributed by atoms with E-state index in [-0.39, 0.29) is 24.4 Å². The Morgan fingerprint density at radius 2 is 1.71 bits per heavy atom. The van der Waals surface area contributed by atoms with Gasteiger partial charge in [-0.05, 0) is 73.4 Å². The van der Waals surface area contributed by atoms with Gasteiger partial charge in [-0.3, -0.25) is 9.59 Å². The predicted octanol–water partition coefficient (Wildman–Crippen LogP) is 6.00. The third-order valence-electron chi connectivity index (χ3n) is 7.07. The third kappa shape index (κ3) is 7.10. The van der Waals surface area contributed by atoms with Crippen LogP contribution in [0.5, 0.6) is 11.5 Å². The number of hydrogen-bond acceptors (Lipinski definition) is 5. The molecule has 7 nitrogen and oxygen atoms in total. The van der Waals surface area contributed by atoms with E-state index in [0.717, 1.165) is 37.7 Å². The van der Waals surface area contributed by atoms with Gasteiger partial charge in [0.05, 0.1) is 27.0 Å². The van der Waals surface area contributed by atoms with E-state index in [9.17, 15) is 9.59 Å². The van der Waals surface area contributed by atoms with Gasteiger partial charge >= 0.3 is 0 Å². The highest BCUT2D eigenvalue weighted by atomic mass is 35.5. The molecule has 1 fully saturated rings. The Kier molecular flexibility index (Phi) is 9.71. The zero-order valence-corrected chi connectivity index (χ0v) is 22.8. The molecule has 1 heterocycles. The number of carbonyl (C=O) groups is 2. The molecule has 0 atom stereocenters. The maximum atomic E-state index is 13.8. The topological polar surface area (TPSA) is 72.2 Å². The average Bonchev–Trinajstić information content (AvgIpc) is 3.47. The molecule has 1 saturated carbocycles. The largest absolute Gasteiger partial charge is 0.493 e. The smallest absolute Gasteiger partial charge is 0.254 e. The lowest BCUT2D eigenvalue weighted by molar-refractivity contribution is -0.133. The molecule has 8 heteroatoms. The van der Waals surface area contributed by atoms with Gasteiger partial charge in [0.2, 0.25) is 5.91 Å². The number of ether oxygens (including phenoxy) is 2. The Morgan fingerprint density at radius 3 is 2.37 bits per heavy atom. The summed E-state index contributed by atoms with van der Waals surface area (Å²) in [4.78, 5) is 30.9. The first-order valence-electron chi connectivity index (χ1n) is 13.1. The standard InChI is InChI=1S/C30H35ClN2O5/c1-36-27-15-10-22(19-28(27)37-2)16-17-32(20-26-9-6-18-38-26)29(34)21-33(25-7-4-3-5-8-25)30(35)23-11-13-24(31)14-12-23/h6,9-15,18-19,25H,3-5,7-8,16-17,20-21H2,1-2H3. The van der Waals surface area contributed by atoms with Crippen LogP contribution in [0.3, 0.4) is 0 Å². The van der Waals surface area contributed by atoms with E-state index in [1.165, 1.54) is 0 Å². The molecule has 0 unspecified atom stereocenters. The fourth-order valence-electron chi connectivity index (χ4n) is 4.95. The lowest BCUT2D eigenvalue weighted by Gasteiger charge is -2.35. The molecule has 2 aromatic carbocycles. The highest BCUT2D eigenvalue weighted by Crippen LogP contribution is 2.28. The molecular formula is C30H35ClN2O5. The quantitative estimate of drug-likeness (QED) is 0.299. The van der Waals surface area contributed by atoms with Crippen molar-refractivity contribution >= 4 is 23.4 Å². The molecular weight excluding hydrogens is 504 g/mol. The molecule has 0 saturated heterocycles. The highest BCUT2D eigenvalue weighted by Gasteiger charge is 2.30. The molecule has 2 amide bonds. The lowest BCUT2D eigenvalue weighted by atomic mass is 9.93. The summed E-state index contributed by atoms with van der Waals surface area (Å²) in [5.74, 6) is 1.74. The normalized spacial score (nSPS) is 13.7. The van der Waals surface area contributed by atoms with Crippen LogP contribution in [0.2, 0.25) is 5.02 Å². The van der Waals surface area contributed by atoms with Gasteiger partial charge < -0.3 is 23.7 Å². The summed E-state index contributed by atoms with van der Waals surface area (Å²) in [5.41, 5.74) is 1.55. The van der Waals surface area contributed by atoms with E-state index in [1.54, 1.807) is 54.5 Å². The predicted molar refractivity (Wildman–Crippen MR) is 147 cm³/mol. The van der Waals surface area contributed by atoms with Crippen LogP contribution in [0.1, 0.15) is 53.8 Å². The van der Waals surface area contributed by atoms with Crippen LogP contribution >= 0.6 is 11.6 Å². The minimum atomic E-state index is -0.139. The molecule has 0 radical (unpaired) electrons. The molecule has 3 aromatic rings. The first-order chi connectivity index (χ1) is 18.5. The highest BCUT2D eigenvalue weighted by molar-refractivity contribution is 6.30. The van der Waals surface area contributed by atoms with Gasteiger partial charge in [-0.2, -0.15) is 0 Å². The number of furan rings is 1. The van der Waals surface area contributed by atoms with Crippen molar-refractivity contribution < 1.29 is 23.5 Å². The third-order valence-corrected chi connectivity index (χ3v) is 7.32. The van der Waals surface area contributed by atoms with Gasteiger partial charge in [0.1, 0.15) is 12.3 Å². The number of methoxy groups -OCH3 is 2. The maximum Gasteiger partial charge on any atom is 0.254 e. The fourth-order valence-corrected chi connectivity index (χ4v) is 5.07. The van der Waals surface area contributed by atoms with Crippen molar-refractivity contribution in [3.8, 4) is 11.5 Å². The number of benzene rings is 2. The fraction of sp³-hybridized carbons (Fsp3) is 0.400. The summed E-state index contributed by atoms with van der Waals surface area (Å²) in [7, 11) is 3.20. The van der Waals surface area contributed by atoms with E-state index >= 15 is 0 Å².